The van der Waals surface area contributed by atoms with E-state index in [0.717, 1.165) is 5.56 Å². The molecule has 0 amide bonds. The lowest BCUT2D eigenvalue weighted by Gasteiger charge is -2.14. The average Bonchev–Trinajstić information content (AvgIpc) is 2.71. The average molecular weight is 227 g/mol. The van der Waals surface area contributed by atoms with Crippen molar-refractivity contribution in [1.29, 1.82) is 0 Å². The fourth-order valence-electron chi connectivity index (χ4n) is 1.67. The third-order valence-corrected chi connectivity index (χ3v) is 4.44. The monoisotopic (exact) mass is 227 g/mol. The summed E-state index contributed by atoms with van der Waals surface area (Å²) in [6.45, 7) is 1.87. The maximum atomic E-state index is 11.3. The summed E-state index contributed by atoms with van der Waals surface area (Å²) in [7, 11) is -2.88. The van der Waals surface area contributed by atoms with Gasteiger partial charge in [-0.05, 0) is 19.4 Å². The predicted molar refractivity (Wildman–Crippen MR) is 58.0 cm³/mol. The van der Waals surface area contributed by atoms with Crippen LogP contribution in [0.2, 0.25) is 0 Å². The molecular formula is C10H13NO3S. The molecule has 1 saturated heterocycles. The molecule has 0 N–H and O–H groups in total. The van der Waals surface area contributed by atoms with Crippen LogP contribution >= 0.6 is 0 Å². The summed E-state index contributed by atoms with van der Waals surface area (Å²) in [5.41, 5.74) is 0.399. The smallest absolute Gasteiger partial charge is 0.152 e. The number of rotatable bonds is 2. The first-order chi connectivity index (χ1) is 6.99. The van der Waals surface area contributed by atoms with Crippen molar-refractivity contribution in [1.82, 2.24) is 0 Å². The van der Waals surface area contributed by atoms with Crippen molar-refractivity contribution in [2.75, 3.05) is 11.5 Å². The second-order valence-corrected chi connectivity index (χ2v) is 6.34. The van der Waals surface area contributed by atoms with Crippen LogP contribution in [0.1, 0.15) is 18.9 Å². The molecule has 2 heterocycles. The third-order valence-electron chi connectivity index (χ3n) is 2.55. The molecule has 15 heavy (non-hydrogen) atoms. The Morgan fingerprint density at radius 1 is 1.60 bits per heavy atom. The van der Waals surface area contributed by atoms with E-state index < -0.39 is 15.4 Å². The van der Waals surface area contributed by atoms with Gasteiger partial charge in [-0.3, -0.25) is 4.99 Å². The van der Waals surface area contributed by atoms with Crippen molar-refractivity contribution in [3.05, 3.63) is 24.2 Å². The summed E-state index contributed by atoms with van der Waals surface area (Å²) in [5, 5.41) is 0. The second kappa shape index (κ2) is 3.48. The van der Waals surface area contributed by atoms with Gasteiger partial charge in [0.25, 0.3) is 0 Å². The minimum Gasteiger partial charge on any atom is -0.472 e. The lowest BCUT2D eigenvalue weighted by Crippen LogP contribution is -2.23. The molecule has 1 atom stereocenters. The molecule has 0 saturated carbocycles. The molecule has 82 valence electrons. The molecule has 0 bridgehead atoms. The quantitative estimate of drug-likeness (QED) is 0.715. The van der Waals surface area contributed by atoms with E-state index in [4.69, 9.17) is 4.42 Å². The SMILES string of the molecule is C[C@@]1(N=Cc2ccoc2)CCS(=O)(=O)C1. The van der Waals surface area contributed by atoms with Crippen molar-refractivity contribution in [2.45, 2.75) is 18.9 Å². The van der Waals surface area contributed by atoms with Gasteiger partial charge in [0.2, 0.25) is 0 Å². The van der Waals surface area contributed by atoms with Crippen LogP contribution in [0.25, 0.3) is 0 Å². The fraction of sp³-hybridized carbons (Fsp3) is 0.500. The molecule has 1 fully saturated rings. The number of hydrogen-bond acceptors (Lipinski definition) is 4. The first kappa shape index (κ1) is 10.4. The van der Waals surface area contributed by atoms with Crippen LogP contribution in [0.3, 0.4) is 0 Å². The van der Waals surface area contributed by atoms with E-state index in [-0.39, 0.29) is 11.5 Å². The first-order valence-corrected chi connectivity index (χ1v) is 6.59. The van der Waals surface area contributed by atoms with E-state index in [1.165, 1.54) is 0 Å². The zero-order valence-corrected chi connectivity index (χ0v) is 9.33. The van der Waals surface area contributed by atoms with Crippen molar-refractivity contribution in [3.63, 3.8) is 0 Å². The molecule has 0 aliphatic carbocycles. The number of aliphatic imine (C=N–C) groups is 1. The second-order valence-electron chi connectivity index (χ2n) is 4.15. The van der Waals surface area contributed by atoms with Crippen LogP contribution in [0, 0.1) is 0 Å². The van der Waals surface area contributed by atoms with Crippen LogP contribution in [-0.2, 0) is 9.84 Å². The van der Waals surface area contributed by atoms with Gasteiger partial charge >= 0.3 is 0 Å². The molecule has 1 aliphatic rings. The van der Waals surface area contributed by atoms with Gasteiger partial charge < -0.3 is 4.42 Å². The van der Waals surface area contributed by atoms with Gasteiger partial charge in [-0.15, -0.1) is 0 Å². The van der Waals surface area contributed by atoms with Gasteiger partial charge in [0, 0.05) is 11.8 Å². The predicted octanol–water partition coefficient (Wildman–Crippen LogP) is 1.28. The highest BCUT2D eigenvalue weighted by Gasteiger charge is 2.37. The molecule has 0 spiro atoms. The van der Waals surface area contributed by atoms with E-state index in [9.17, 15) is 8.42 Å². The molecule has 1 aromatic heterocycles. The van der Waals surface area contributed by atoms with Gasteiger partial charge in [0.05, 0.1) is 29.6 Å². The number of hydrogen-bond donors (Lipinski definition) is 0. The molecule has 1 aliphatic heterocycles. The molecule has 4 nitrogen and oxygen atoms in total. The van der Waals surface area contributed by atoms with Crippen LogP contribution in [0.4, 0.5) is 0 Å². The summed E-state index contributed by atoms with van der Waals surface area (Å²) < 4.78 is 27.5. The molecule has 5 heteroatoms. The zero-order chi connectivity index (χ0) is 10.9. The van der Waals surface area contributed by atoms with Crippen LogP contribution < -0.4 is 0 Å². The molecule has 0 aromatic carbocycles. The summed E-state index contributed by atoms with van der Waals surface area (Å²) in [4.78, 5) is 4.33. The third kappa shape index (κ3) is 2.47. The Kier molecular flexibility index (Phi) is 2.42. The van der Waals surface area contributed by atoms with Gasteiger partial charge in [-0.1, -0.05) is 0 Å². The Hall–Kier alpha value is -1.10. The Bertz CT molecular complexity index is 461. The molecule has 0 radical (unpaired) electrons. The minimum atomic E-state index is -2.88. The molecule has 1 aromatic rings. The Balaban J connectivity index is 2.13. The summed E-state index contributed by atoms with van der Waals surface area (Å²) in [5.74, 6) is 0.389. The van der Waals surface area contributed by atoms with Crippen LogP contribution in [0.5, 0.6) is 0 Å². The Morgan fingerprint density at radius 3 is 2.93 bits per heavy atom. The van der Waals surface area contributed by atoms with E-state index >= 15 is 0 Å². The van der Waals surface area contributed by atoms with Crippen molar-refractivity contribution < 1.29 is 12.8 Å². The minimum absolute atomic E-state index is 0.147. The van der Waals surface area contributed by atoms with Crippen LogP contribution in [-0.4, -0.2) is 31.7 Å². The van der Waals surface area contributed by atoms with Crippen molar-refractivity contribution in [2.24, 2.45) is 4.99 Å². The lowest BCUT2D eigenvalue weighted by atomic mass is 10.0. The van der Waals surface area contributed by atoms with Gasteiger partial charge in [0.15, 0.2) is 9.84 Å². The zero-order valence-electron chi connectivity index (χ0n) is 8.51. The van der Waals surface area contributed by atoms with E-state index in [1.807, 2.05) is 6.92 Å². The summed E-state index contributed by atoms with van der Waals surface area (Å²) >= 11 is 0. The Labute approximate surface area is 88.9 Å². The van der Waals surface area contributed by atoms with E-state index in [2.05, 4.69) is 4.99 Å². The highest BCUT2D eigenvalue weighted by Crippen LogP contribution is 2.26. The highest BCUT2D eigenvalue weighted by molar-refractivity contribution is 7.91. The highest BCUT2D eigenvalue weighted by atomic mass is 32.2. The topological polar surface area (TPSA) is 59.6 Å². The largest absolute Gasteiger partial charge is 0.472 e. The Morgan fingerprint density at radius 2 is 2.40 bits per heavy atom. The van der Waals surface area contributed by atoms with E-state index in [1.54, 1.807) is 24.8 Å². The van der Waals surface area contributed by atoms with Crippen molar-refractivity contribution >= 4 is 16.1 Å². The molecule has 2 rings (SSSR count). The lowest BCUT2D eigenvalue weighted by molar-refractivity contribution is 0.536. The summed E-state index contributed by atoms with van der Waals surface area (Å²) in [6, 6.07) is 1.79. The standard InChI is InChI=1S/C10H13NO3S/c1-10(3-5-15(12,13)8-10)11-6-9-2-4-14-7-9/h2,4,6-7H,3,5,8H2,1H3/t10-/m1/s1. The first-order valence-electron chi connectivity index (χ1n) is 4.77. The maximum Gasteiger partial charge on any atom is 0.152 e. The molecular weight excluding hydrogens is 214 g/mol. The van der Waals surface area contributed by atoms with Crippen molar-refractivity contribution in [3.8, 4) is 0 Å². The normalized spacial score (nSPS) is 29.9. The summed E-state index contributed by atoms with van der Waals surface area (Å²) in [6.07, 6.45) is 5.42. The van der Waals surface area contributed by atoms with Gasteiger partial charge in [0.1, 0.15) is 0 Å². The van der Waals surface area contributed by atoms with Crippen LogP contribution in [0.15, 0.2) is 28.0 Å². The maximum absolute atomic E-state index is 11.3. The van der Waals surface area contributed by atoms with Gasteiger partial charge in [-0.25, -0.2) is 8.42 Å². The van der Waals surface area contributed by atoms with Gasteiger partial charge in [-0.2, -0.15) is 0 Å². The fourth-order valence-corrected chi connectivity index (χ4v) is 3.74. The number of furan rings is 1. The number of nitrogens with zero attached hydrogens (tertiary/aromatic N) is 1. The van der Waals surface area contributed by atoms with E-state index in [0.29, 0.717) is 6.42 Å². The number of sulfone groups is 1. The molecule has 0 unspecified atom stereocenters.